The zero-order valence-electron chi connectivity index (χ0n) is 18.8. The van der Waals surface area contributed by atoms with Gasteiger partial charge in [-0.3, -0.25) is 19.4 Å². The number of rotatable bonds is 7. The maximum Gasteiger partial charge on any atom is 0.256 e. The first-order chi connectivity index (χ1) is 15.3. The summed E-state index contributed by atoms with van der Waals surface area (Å²) in [7, 11) is 1.70. The van der Waals surface area contributed by atoms with Crippen LogP contribution in [0, 0.1) is 12.7 Å². The fourth-order valence-corrected chi connectivity index (χ4v) is 4.48. The lowest BCUT2D eigenvalue weighted by molar-refractivity contribution is -0.145. The number of amides is 1. The largest absolute Gasteiger partial charge is 0.355 e. The van der Waals surface area contributed by atoms with Crippen LogP contribution in [0.3, 0.4) is 0 Å². The quantitative estimate of drug-likeness (QED) is 0.664. The molecule has 0 fully saturated rings. The third kappa shape index (κ3) is 4.30. The highest BCUT2D eigenvalue weighted by Crippen LogP contribution is 2.31. The van der Waals surface area contributed by atoms with Gasteiger partial charge in [0, 0.05) is 44.2 Å². The van der Waals surface area contributed by atoms with Crippen molar-refractivity contribution in [2.45, 2.75) is 46.2 Å². The first-order valence-electron chi connectivity index (χ1n) is 11.0. The van der Waals surface area contributed by atoms with Gasteiger partial charge >= 0.3 is 0 Å². The number of hydrogen-bond donors (Lipinski definition) is 0. The number of hydrazine groups is 1. The number of ketones is 2. The van der Waals surface area contributed by atoms with E-state index in [0.717, 1.165) is 34.4 Å². The Labute approximate surface area is 187 Å². The molecule has 1 aliphatic carbocycles. The number of benzene rings is 2. The molecule has 0 N–H and O–H groups in total. The summed E-state index contributed by atoms with van der Waals surface area (Å²) >= 11 is 0. The van der Waals surface area contributed by atoms with Crippen molar-refractivity contribution in [3.05, 3.63) is 64.0 Å². The Bertz CT molecular complexity index is 1100. The molecular formula is C25H28FN3O3. The Balaban J connectivity index is 1.54. The topological polar surface area (TPSA) is 60.9 Å². The van der Waals surface area contributed by atoms with Gasteiger partial charge in [-0.05, 0) is 53.8 Å². The SMILES string of the molecule is CCC(=O)CN(CC(=O)N(C)N1Cc2ccc(F)cc2C1)c1cc2c(cc1C)CCC2=O. The van der Waals surface area contributed by atoms with Gasteiger partial charge < -0.3 is 4.90 Å². The van der Waals surface area contributed by atoms with E-state index in [9.17, 15) is 18.8 Å². The molecule has 2 aliphatic rings. The van der Waals surface area contributed by atoms with Crippen LogP contribution in [0.5, 0.6) is 0 Å². The molecular weight excluding hydrogens is 409 g/mol. The Morgan fingerprint density at radius 1 is 1.03 bits per heavy atom. The number of hydrogen-bond acceptors (Lipinski definition) is 5. The van der Waals surface area contributed by atoms with Crippen molar-refractivity contribution in [3.63, 3.8) is 0 Å². The highest BCUT2D eigenvalue weighted by atomic mass is 19.1. The van der Waals surface area contributed by atoms with Crippen LogP contribution in [0.1, 0.15) is 52.4 Å². The van der Waals surface area contributed by atoms with Crippen LogP contribution in [0.15, 0.2) is 30.3 Å². The maximum atomic E-state index is 13.6. The molecule has 1 aliphatic heterocycles. The number of carbonyl (C=O) groups excluding carboxylic acids is 3. The second-order valence-electron chi connectivity index (χ2n) is 8.62. The highest BCUT2D eigenvalue weighted by Gasteiger charge is 2.28. The van der Waals surface area contributed by atoms with E-state index in [1.165, 1.54) is 12.1 Å². The molecule has 4 rings (SSSR count). The molecule has 0 saturated carbocycles. The lowest BCUT2D eigenvalue weighted by Crippen LogP contribution is -2.47. The van der Waals surface area contributed by atoms with E-state index in [2.05, 4.69) is 0 Å². The van der Waals surface area contributed by atoms with E-state index in [-0.39, 0.29) is 36.4 Å². The van der Waals surface area contributed by atoms with Gasteiger partial charge in [0.1, 0.15) is 5.82 Å². The number of fused-ring (bicyclic) bond motifs is 2. The normalized spacial score (nSPS) is 14.9. The zero-order chi connectivity index (χ0) is 23.0. The predicted molar refractivity (Wildman–Crippen MR) is 120 cm³/mol. The van der Waals surface area contributed by atoms with Crippen LogP contribution in [-0.4, -0.2) is 47.6 Å². The van der Waals surface area contributed by atoms with E-state index in [0.29, 0.717) is 31.5 Å². The Morgan fingerprint density at radius 2 is 1.78 bits per heavy atom. The third-order valence-corrected chi connectivity index (χ3v) is 6.43. The van der Waals surface area contributed by atoms with Gasteiger partial charge in [-0.1, -0.05) is 19.1 Å². The number of halogens is 1. The average molecular weight is 438 g/mol. The first-order valence-corrected chi connectivity index (χ1v) is 11.0. The Morgan fingerprint density at radius 3 is 2.53 bits per heavy atom. The standard InChI is InChI=1S/C25H28FN3O3/c1-4-21(30)14-28(23-11-22-17(9-16(23)2)6-8-24(22)31)15-25(32)27(3)29-12-18-5-7-20(26)10-19(18)13-29/h5,7,9-11H,4,6,8,12-15H2,1-3H3. The van der Waals surface area contributed by atoms with E-state index in [1.807, 2.05) is 24.1 Å². The molecule has 0 spiro atoms. The molecule has 2 aromatic rings. The Hall–Kier alpha value is -3.06. The number of carbonyl (C=O) groups is 3. The fourth-order valence-electron chi connectivity index (χ4n) is 4.48. The molecule has 0 atom stereocenters. The molecule has 1 heterocycles. The van der Waals surface area contributed by atoms with E-state index >= 15 is 0 Å². The van der Waals surface area contributed by atoms with Crippen LogP contribution >= 0.6 is 0 Å². The van der Waals surface area contributed by atoms with Crippen LogP contribution in [0.25, 0.3) is 0 Å². The van der Waals surface area contributed by atoms with Crippen molar-refractivity contribution in [1.82, 2.24) is 10.0 Å². The third-order valence-electron chi connectivity index (χ3n) is 6.43. The van der Waals surface area contributed by atoms with Crippen molar-refractivity contribution >= 4 is 23.2 Å². The number of aryl methyl sites for hydroxylation is 2. The fraction of sp³-hybridized carbons (Fsp3) is 0.400. The van der Waals surface area contributed by atoms with E-state index in [4.69, 9.17) is 0 Å². The zero-order valence-corrected chi connectivity index (χ0v) is 18.8. The number of anilines is 1. The predicted octanol–water partition coefficient (Wildman–Crippen LogP) is 3.44. The van der Waals surface area contributed by atoms with Gasteiger partial charge in [-0.15, -0.1) is 0 Å². The van der Waals surface area contributed by atoms with E-state index in [1.54, 1.807) is 29.9 Å². The van der Waals surface area contributed by atoms with Crippen LogP contribution in [-0.2, 0) is 29.1 Å². The van der Waals surface area contributed by atoms with Gasteiger partial charge in [-0.25, -0.2) is 9.40 Å². The lowest BCUT2D eigenvalue weighted by atomic mass is 10.0. The lowest BCUT2D eigenvalue weighted by Gasteiger charge is -2.32. The summed E-state index contributed by atoms with van der Waals surface area (Å²) in [5, 5.41) is 3.42. The van der Waals surface area contributed by atoms with Gasteiger partial charge in [-0.2, -0.15) is 0 Å². The first kappa shape index (κ1) is 22.1. The number of nitrogens with zero attached hydrogens (tertiary/aromatic N) is 3. The molecule has 0 aromatic heterocycles. The second kappa shape index (κ2) is 8.82. The van der Waals surface area contributed by atoms with Crippen molar-refractivity contribution in [3.8, 4) is 0 Å². The monoisotopic (exact) mass is 437 g/mol. The van der Waals surface area contributed by atoms with Gasteiger partial charge in [0.15, 0.2) is 11.6 Å². The van der Waals surface area contributed by atoms with E-state index < -0.39 is 0 Å². The minimum Gasteiger partial charge on any atom is -0.355 e. The molecule has 0 saturated heterocycles. The summed E-state index contributed by atoms with van der Waals surface area (Å²) < 4.78 is 13.6. The molecule has 32 heavy (non-hydrogen) atoms. The molecule has 0 radical (unpaired) electrons. The van der Waals surface area contributed by atoms with Crippen molar-refractivity contribution in [2.75, 3.05) is 25.0 Å². The number of Topliss-reactive ketones (excluding diaryl/α,β-unsaturated/α-hetero) is 2. The smallest absolute Gasteiger partial charge is 0.256 e. The molecule has 1 amide bonds. The average Bonchev–Trinajstić information content (AvgIpc) is 3.34. The molecule has 7 heteroatoms. The van der Waals surface area contributed by atoms with Gasteiger partial charge in [0.25, 0.3) is 5.91 Å². The summed E-state index contributed by atoms with van der Waals surface area (Å²) in [6.45, 7) is 4.84. The molecule has 0 bridgehead atoms. The van der Waals surface area contributed by atoms with Crippen LogP contribution < -0.4 is 4.90 Å². The summed E-state index contributed by atoms with van der Waals surface area (Å²) in [6.07, 6.45) is 1.61. The maximum absolute atomic E-state index is 13.6. The molecule has 0 unspecified atom stereocenters. The summed E-state index contributed by atoms with van der Waals surface area (Å²) in [4.78, 5) is 39.6. The second-order valence-corrected chi connectivity index (χ2v) is 8.62. The Kier molecular flexibility index (Phi) is 6.11. The molecule has 2 aromatic carbocycles. The van der Waals surface area contributed by atoms with Gasteiger partial charge in [0.2, 0.25) is 0 Å². The summed E-state index contributed by atoms with van der Waals surface area (Å²) in [6, 6.07) is 8.52. The minimum absolute atomic E-state index is 0.0112. The van der Waals surface area contributed by atoms with Crippen LogP contribution in [0.4, 0.5) is 10.1 Å². The van der Waals surface area contributed by atoms with Crippen molar-refractivity contribution < 1.29 is 18.8 Å². The molecule has 6 nitrogen and oxygen atoms in total. The molecule has 168 valence electrons. The minimum atomic E-state index is -0.287. The van der Waals surface area contributed by atoms with Crippen molar-refractivity contribution in [2.24, 2.45) is 0 Å². The van der Waals surface area contributed by atoms with Gasteiger partial charge in [0.05, 0.1) is 13.1 Å². The highest BCUT2D eigenvalue weighted by molar-refractivity contribution is 6.02. The van der Waals surface area contributed by atoms with Crippen molar-refractivity contribution in [1.29, 1.82) is 0 Å². The number of likely N-dealkylation sites (N-methyl/N-ethyl adjacent to an activating group) is 1. The van der Waals surface area contributed by atoms with Crippen LogP contribution in [0.2, 0.25) is 0 Å². The summed E-state index contributed by atoms with van der Waals surface area (Å²) in [5.41, 5.74) is 5.28. The summed E-state index contributed by atoms with van der Waals surface area (Å²) in [5.74, 6) is -0.330.